The number of H-pyrrole nitrogens is 1. The van der Waals surface area contributed by atoms with Crippen molar-refractivity contribution in [3.63, 3.8) is 0 Å². The molecule has 0 aliphatic carbocycles. The molecule has 19 heavy (non-hydrogen) atoms. The standard InChI is InChI=1S/C12H13N5OS/c1-18-5-8-2-9(19-6-8)3-13-11-10-4-16-17-12(10)15-7-14-11/h2,4,6-7H,3,5H2,1H3,(H2,13,14,15,16,17). The topological polar surface area (TPSA) is 75.7 Å². The third-order valence-electron chi connectivity index (χ3n) is 2.70. The third-order valence-corrected chi connectivity index (χ3v) is 3.68. The summed E-state index contributed by atoms with van der Waals surface area (Å²) in [7, 11) is 1.70. The van der Waals surface area contributed by atoms with Gasteiger partial charge < -0.3 is 10.1 Å². The number of aromatic amines is 1. The van der Waals surface area contributed by atoms with Crippen LogP contribution in [0.25, 0.3) is 11.0 Å². The van der Waals surface area contributed by atoms with Gasteiger partial charge >= 0.3 is 0 Å². The second kappa shape index (κ2) is 5.33. The molecule has 0 amide bonds. The summed E-state index contributed by atoms with van der Waals surface area (Å²) in [4.78, 5) is 9.58. The van der Waals surface area contributed by atoms with Crippen LogP contribution in [0.15, 0.2) is 24.0 Å². The number of hydrogen-bond donors (Lipinski definition) is 2. The minimum absolute atomic E-state index is 0.649. The Bertz CT molecular complexity index is 677. The zero-order valence-electron chi connectivity index (χ0n) is 10.4. The summed E-state index contributed by atoms with van der Waals surface area (Å²) in [6.45, 7) is 1.38. The quantitative estimate of drug-likeness (QED) is 0.746. The summed E-state index contributed by atoms with van der Waals surface area (Å²) < 4.78 is 5.10. The van der Waals surface area contributed by atoms with Crippen LogP contribution in [0, 0.1) is 0 Å². The van der Waals surface area contributed by atoms with Gasteiger partial charge in [-0.3, -0.25) is 5.10 Å². The molecule has 0 saturated heterocycles. The molecule has 2 N–H and O–H groups in total. The average molecular weight is 275 g/mol. The van der Waals surface area contributed by atoms with Crippen LogP contribution < -0.4 is 5.32 Å². The lowest BCUT2D eigenvalue weighted by atomic mass is 10.3. The number of ether oxygens (including phenoxy) is 1. The minimum atomic E-state index is 0.649. The van der Waals surface area contributed by atoms with Gasteiger partial charge in [0.25, 0.3) is 0 Å². The van der Waals surface area contributed by atoms with E-state index in [9.17, 15) is 0 Å². The molecule has 0 aliphatic rings. The van der Waals surface area contributed by atoms with Gasteiger partial charge in [0.1, 0.15) is 12.1 Å². The molecule has 3 rings (SSSR count). The van der Waals surface area contributed by atoms with E-state index in [4.69, 9.17) is 4.74 Å². The number of thiophene rings is 1. The van der Waals surface area contributed by atoms with Crippen LogP contribution in [0.2, 0.25) is 0 Å². The molecule has 6 nitrogen and oxygen atoms in total. The largest absolute Gasteiger partial charge is 0.380 e. The molecule has 7 heteroatoms. The fraction of sp³-hybridized carbons (Fsp3) is 0.250. The minimum Gasteiger partial charge on any atom is -0.380 e. The lowest BCUT2D eigenvalue weighted by molar-refractivity contribution is 0.185. The number of nitrogens with one attached hydrogen (secondary N) is 2. The molecule has 0 spiro atoms. The Balaban J connectivity index is 1.73. The van der Waals surface area contributed by atoms with Gasteiger partial charge in [-0.2, -0.15) is 5.10 Å². The molecule has 98 valence electrons. The summed E-state index contributed by atoms with van der Waals surface area (Å²) in [6.07, 6.45) is 3.25. The van der Waals surface area contributed by atoms with E-state index in [-0.39, 0.29) is 0 Å². The van der Waals surface area contributed by atoms with E-state index in [1.165, 1.54) is 16.8 Å². The monoisotopic (exact) mass is 275 g/mol. The Morgan fingerprint density at radius 2 is 2.37 bits per heavy atom. The van der Waals surface area contributed by atoms with Crippen molar-refractivity contribution >= 4 is 28.2 Å². The number of methoxy groups -OCH3 is 1. The molecule has 0 fully saturated rings. The highest BCUT2D eigenvalue weighted by atomic mass is 32.1. The second-order valence-corrected chi connectivity index (χ2v) is 5.06. The zero-order chi connectivity index (χ0) is 13.1. The van der Waals surface area contributed by atoms with Gasteiger partial charge in [-0.1, -0.05) is 0 Å². The third kappa shape index (κ3) is 2.56. The first kappa shape index (κ1) is 12.1. The normalized spacial score (nSPS) is 11.0. The van der Waals surface area contributed by atoms with Crippen molar-refractivity contribution in [1.82, 2.24) is 20.2 Å². The molecule has 0 radical (unpaired) electrons. The molecule has 0 unspecified atom stereocenters. The number of fused-ring (bicyclic) bond motifs is 1. The van der Waals surface area contributed by atoms with E-state index in [0.717, 1.165) is 23.4 Å². The van der Waals surface area contributed by atoms with Gasteiger partial charge in [0.05, 0.1) is 24.7 Å². The van der Waals surface area contributed by atoms with Crippen LogP contribution >= 0.6 is 11.3 Å². The van der Waals surface area contributed by atoms with Gasteiger partial charge in [0.15, 0.2) is 5.65 Å². The number of nitrogens with zero attached hydrogens (tertiary/aromatic N) is 3. The lowest BCUT2D eigenvalue weighted by Crippen LogP contribution is -2.00. The molecule has 0 aliphatic heterocycles. The van der Waals surface area contributed by atoms with Gasteiger partial charge in [-0.15, -0.1) is 11.3 Å². The van der Waals surface area contributed by atoms with E-state index in [2.05, 4.69) is 36.9 Å². The Morgan fingerprint density at radius 1 is 1.42 bits per heavy atom. The molecule has 3 aromatic heterocycles. The zero-order valence-corrected chi connectivity index (χ0v) is 11.2. The van der Waals surface area contributed by atoms with Gasteiger partial charge in [0.2, 0.25) is 0 Å². The van der Waals surface area contributed by atoms with E-state index in [1.807, 2.05) is 0 Å². The van der Waals surface area contributed by atoms with Gasteiger partial charge in [0, 0.05) is 12.0 Å². The maximum absolute atomic E-state index is 5.10. The highest BCUT2D eigenvalue weighted by molar-refractivity contribution is 7.10. The van der Waals surface area contributed by atoms with Crippen LogP contribution in [0.3, 0.4) is 0 Å². The number of anilines is 1. The highest BCUT2D eigenvalue weighted by Gasteiger charge is 2.05. The first-order valence-corrected chi connectivity index (χ1v) is 6.68. The first-order chi connectivity index (χ1) is 9.36. The molecule has 3 aromatic rings. The Kier molecular flexibility index (Phi) is 3.39. The first-order valence-electron chi connectivity index (χ1n) is 5.80. The van der Waals surface area contributed by atoms with Crippen LogP contribution in [0.5, 0.6) is 0 Å². The molecule has 0 atom stereocenters. The SMILES string of the molecule is COCc1csc(CNc2ncnc3[nH]ncc23)c1. The Hall–Kier alpha value is -1.99. The lowest BCUT2D eigenvalue weighted by Gasteiger charge is -2.03. The van der Waals surface area contributed by atoms with Crippen molar-refractivity contribution in [2.45, 2.75) is 13.2 Å². The smallest absolute Gasteiger partial charge is 0.160 e. The molecule has 3 heterocycles. The number of rotatable bonds is 5. The summed E-state index contributed by atoms with van der Waals surface area (Å²) in [6, 6.07) is 2.13. The van der Waals surface area contributed by atoms with Crippen LogP contribution in [-0.4, -0.2) is 27.3 Å². The van der Waals surface area contributed by atoms with Gasteiger partial charge in [-0.05, 0) is 17.0 Å². The summed E-state index contributed by atoms with van der Waals surface area (Å²) in [5, 5.41) is 13.1. The predicted molar refractivity (Wildman–Crippen MR) is 74.0 cm³/mol. The van der Waals surface area contributed by atoms with Crippen LogP contribution in [0.1, 0.15) is 10.4 Å². The maximum atomic E-state index is 5.10. The van der Waals surface area contributed by atoms with Crippen LogP contribution in [0.4, 0.5) is 5.82 Å². The Labute approximate surface area is 113 Å². The van der Waals surface area contributed by atoms with Gasteiger partial charge in [-0.25, -0.2) is 9.97 Å². The van der Waals surface area contributed by atoms with E-state index in [1.54, 1.807) is 24.6 Å². The van der Waals surface area contributed by atoms with Crippen LogP contribution in [-0.2, 0) is 17.9 Å². The van der Waals surface area contributed by atoms with Crippen molar-refractivity contribution < 1.29 is 4.74 Å². The molecule has 0 saturated carbocycles. The molecule has 0 aromatic carbocycles. The maximum Gasteiger partial charge on any atom is 0.160 e. The Morgan fingerprint density at radius 3 is 3.26 bits per heavy atom. The summed E-state index contributed by atoms with van der Waals surface area (Å²) in [5.74, 6) is 0.792. The highest BCUT2D eigenvalue weighted by Crippen LogP contribution is 2.20. The molecule has 0 bridgehead atoms. The van der Waals surface area contributed by atoms with Crippen molar-refractivity contribution in [2.24, 2.45) is 0 Å². The van der Waals surface area contributed by atoms with Crippen molar-refractivity contribution in [3.05, 3.63) is 34.4 Å². The molecular formula is C12H13N5OS. The van der Waals surface area contributed by atoms with E-state index >= 15 is 0 Å². The number of aromatic nitrogens is 4. The average Bonchev–Trinajstić information content (AvgIpc) is 3.05. The second-order valence-electron chi connectivity index (χ2n) is 4.06. The predicted octanol–water partition coefficient (Wildman–Crippen LogP) is 2.17. The van der Waals surface area contributed by atoms with Crippen molar-refractivity contribution in [2.75, 3.05) is 12.4 Å². The van der Waals surface area contributed by atoms with E-state index < -0.39 is 0 Å². The fourth-order valence-electron chi connectivity index (χ4n) is 1.84. The molecular weight excluding hydrogens is 262 g/mol. The van der Waals surface area contributed by atoms with Crippen molar-refractivity contribution in [3.8, 4) is 0 Å². The summed E-state index contributed by atoms with van der Waals surface area (Å²) >= 11 is 1.71. The summed E-state index contributed by atoms with van der Waals surface area (Å²) in [5.41, 5.74) is 1.93. The van der Waals surface area contributed by atoms with Crippen molar-refractivity contribution in [1.29, 1.82) is 0 Å². The van der Waals surface area contributed by atoms with E-state index in [0.29, 0.717) is 6.61 Å². The number of hydrogen-bond acceptors (Lipinski definition) is 6. The fourth-order valence-corrected chi connectivity index (χ4v) is 2.65.